The van der Waals surface area contributed by atoms with Gasteiger partial charge >= 0.3 is 0 Å². The molecule has 0 atom stereocenters. The van der Waals surface area contributed by atoms with Crippen molar-refractivity contribution in [2.45, 2.75) is 65.2 Å². The van der Waals surface area contributed by atoms with Crippen LogP contribution in [0.3, 0.4) is 0 Å². The molecule has 168 valence electrons. The molecule has 0 aromatic heterocycles. The Kier molecular flexibility index (Phi) is 12.5. The molecule has 0 N–H and O–H groups in total. The molecule has 1 aromatic rings. The number of rotatable bonds is 14. The van der Waals surface area contributed by atoms with Gasteiger partial charge in [-0.1, -0.05) is 81.0 Å². The molecular formula is C26H42N2O2. The molecule has 0 aliphatic carbocycles. The largest absolute Gasteiger partial charge is 0.379 e. The summed E-state index contributed by atoms with van der Waals surface area (Å²) in [5, 5.41) is 0. The first-order chi connectivity index (χ1) is 14.7. The third-order valence-electron chi connectivity index (χ3n) is 5.76. The van der Waals surface area contributed by atoms with Crippen LogP contribution in [0, 0.1) is 0 Å². The molecule has 4 heteroatoms. The highest BCUT2D eigenvalue weighted by molar-refractivity contribution is 5.76. The number of nitrogens with zero attached hydrogens (tertiary/aromatic N) is 2. The van der Waals surface area contributed by atoms with Crippen molar-refractivity contribution >= 4 is 12.0 Å². The molecular weight excluding hydrogens is 372 g/mol. The summed E-state index contributed by atoms with van der Waals surface area (Å²) in [6.45, 7) is 10.7. The van der Waals surface area contributed by atoms with Crippen molar-refractivity contribution in [3.63, 3.8) is 0 Å². The summed E-state index contributed by atoms with van der Waals surface area (Å²) < 4.78 is 5.44. The summed E-state index contributed by atoms with van der Waals surface area (Å²) in [5.41, 5.74) is 2.44. The molecule has 0 bridgehead atoms. The number of benzene rings is 1. The number of morpholine rings is 1. The molecule has 0 radical (unpaired) electrons. The van der Waals surface area contributed by atoms with E-state index in [0.717, 1.165) is 58.8 Å². The van der Waals surface area contributed by atoms with Gasteiger partial charge in [0.25, 0.3) is 0 Å². The van der Waals surface area contributed by atoms with Crippen molar-refractivity contribution in [2.24, 2.45) is 0 Å². The molecule has 0 unspecified atom stereocenters. The summed E-state index contributed by atoms with van der Waals surface area (Å²) in [7, 11) is 0. The standard InChI is InChI=1S/C26H42N2O2/c1-3-4-5-6-7-11-15-26(29)28(17-12-16-27-18-20-30-21-19-27)23-24(2)22-25-13-9-8-10-14-25/h8-10,13-14,22H,3-7,11-12,15-21,23H2,1-2H3/b24-22+. The fraction of sp³-hybridized carbons (Fsp3) is 0.654. The second-order valence-electron chi connectivity index (χ2n) is 8.54. The van der Waals surface area contributed by atoms with Gasteiger partial charge in [-0.15, -0.1) is 0 Å². The predicted octanol–water partition coefficient (Wildman–Crippen LogP) is 5.39. The van der Waals surface area contributed by atoms with E-state index in [9.17, 15) is 4.79 Å². The fourth-order valence-electron chi connectivity index (χ4n) is 4.00. The van der Waals surface area contributed by atoms with Crippen LogP contribution in [0.5, 0.6) is 0 Å². The Labute approximate surface area is 184 Å². The van der Waals surface area contributed by atoms with E-state index in [1.54, 1.807) is 0 Å². The average Bonchev–Trinajstić information content (AvgIpc) is 2.76. The number of carbonyl (C=O) groups is 1. The Bertz CT molecular complexity index is 609. The molecule has 1 aliphatic heterocycles. The molecule has 2 rings (SSSR count). The molecule has 4 nitrogen and oxygen atoms in total. The van der Waals surface area contributed by atoms with Gasteiger partial charge in [-0.25, -0.2) is 0 Å². The maximum atomic E-state index is 13.0. The van der Waals surface area contributed by atoms with E-state index < -0.39 is 0 Å². The fourth-order valence-corrected chi connectivity index (χ4v) is 4.00. The lowest BCUT2D eigenvalue weighted by atomic mass is 10.1. The number of ether oxygens (including phenoxy) is 1. The highest BCUT2D eigenvalue weighted by atomic mass is 16.5. The van der Waals surface area contributed by atoms with Crippen LogP contribution >= 0.6 is 0 Å². The number of carbonyl (C=O) groups excluding carboxylic acids is 1. The van der Waals surface area contributed by atoms with E-state index in [2.05, 4.69) is 54.0 Å². The second kappa shape index (κ2) is 15.2. The van der Waals surface area contributed by atoms with Crippen molar-refractivity contribution in [2.75, 3.05) is 45.9 Å². The Balaban J connectivity index is 1.84. The highest BCUT2D eigenvalue weighted by Gasteiger charge is 2.15. The smallest absolute Gasteiger partial charge is 0.222 e. The number of hydrogen-bond donors (Lipinski definition) is 0. The molecule has 1 aromatic carbocycles. The first kappa shape index (κ1) is 24.6. The van der Waals surface area contributed by atoms with Crippen molar-refractivity contribution in [3.05, 3.63) is 41.5 Å². The van der Waals surface area contributed by atoms with E-state index in [1.807, 2.05) is 6.07 Å². The lowest BCUT2D eigenvalue weighted by Gasteiger charge is -2.28. The van der Waals surface area contributed by atoms with Crippen molar-refractivity contribution in [1.29, 1.82) is 0 Å². The van der Waals surface area contributed by atoms with Crippen molar-refractivity contribution < 1.29 is 9.53 Å². The van der Waals surface area contributed by atoms with Crippen LogP contribution in [-0.4, -0.2) is 61.6 Å². The first-order valence-corrected chi connectivity index (χ1v) is 12.0. The SMILES string of the molecule is CCCCCCCCC(=O)N(CCCN1CCOCC1)C/C(C)=C/c1ccccc1. The molecule has 1 heterocycles. The predicted molar refractivity (Wildman–Crippen MR) is 127 cm³/mol. The van der Waals surface area contributed by atoms with Gasteiger partial charge in [0.2, 0.25) is 5.91 Å². The van der Waals surface area contributed by atoms with Gasteiger partial charge in [-0.05, 0) is 25.3 Å². The van der Waals surface area contributed by atoms with E-state index in [4.69, 9.17) is 4.74 Å². The minimum Gasteiger partial charge on any atom is -0.379 e. The molecule has 1 aliphatic rings. The summed E-state index contributed by atoms with van der Waals surface area (Å²) >= 11 is 0. The van der Waals surface area contributed by atoms with E-state index >= 15 is 0 Å². The zero-order valence-electron chi connectivity index (χ0n) is 19.3. The normalized spacial score (nSPS) is 15.3. The summed E-state index contributed by atoms with van der Waals surface area (Å²) in [6.07, 6.45) is 11.2. The van der Waals surface area contributed by atoms with Gasteiger partial charge in [-0.2, -0.15) is 0 Å². The Hall–Kier alpha value is -1.65. The minimum atomic E-state index is 0.313. The maximum Gasteiger partial charge on any atom is 0.222 e. The number of hydrogen-bond acceptors (Lipinski definition) is 3. The second-order valence-corrected chi connectivity index (χ2v) is 8.54. The monoisotopic (exact) mass is 414 g/mol. The van der Waals surface area contributed by atoms with Gasteiger partial charge in [0, 0.05) is 39.1 Å². The van der Waals surface area contributed by atoms with Crippen LogP contribution in [0.2, 0.25) is 0 Å². The summed E-state index contributed by atoms with van der Waals surface area (Å²) in [6, 6.07) is 10.4. The van der Waals surface area contributed by atoms with Gasteiger partial charge < -0.3 is 9.64 Å². The molecule has 0 spiro atoms. The zero-order valence-corrected chi connectivity index (χ0v) is 19.3. The number of unbranched alkanes of at least 4 members (excludes halogenated alkanes) is 5. The van der Waals surface area contributed by atoms with Crippen LogP contribution in [-0.2, 0) is 9.53 Å². The molecule has 1 amide bonds. The van der Waals surface area contributed by atoms with Crippen LogP contribution in [0.4, 0.5) is 0 Å². The molecule has 1 fully saturated rings. The Morgan fingerprint density at radius 2 is 1.73 bits per heavy atom. The topological polar surface area (TPSA) is 32.8 Å². The van der Waals surface area contributed by atoms with Crippen LogP contribution in [0.25, 0.3) is 6.08 Å². The first-order valence-electron chi connectivity index (χ1n) is 12.0. The van der Waals surface area contributed by atoms with Gasteiger partial charge in [-0.3, -0.25) is 9.69 Å². The average molecular weight is 415 g/mol. The number of amides is 1. The lowest BCUT2D eigenvalue weighted by molar-refractivity contribution is -0.131. The Morgan fingerprint density at radius 1 is 1.03 bits per heavy atom. The maximum absolute atomic E-state index is 13.0. The van der Waals surface area contributed by atoms with Crippen LogP contribution in [0.1, 0.15) is 70.8 Å². The van der Waals surface area contributed by atoms with Crippen LogP contribution in [0.15, 0.2) is 35.9 Å². The van der Waals surface area contributed by atoms with E-state index in [1.165, 1.54) is 43.2 Å². The minimum absolute atomic E-state index is 0.313. The van der Waals surface area contributed by atoms with E-state index in [-0.39, 0.29) is 0 Å². The zero-order chi connectivity index (χ0) is 21.4. The van der Waals surface area contributed by atoms with Gasteiger partial charge in [0.15, 0.2) is 0 Å². The van der Waals surface area contributed by atoms with Gasteiger partial charge in [0.1, 0.15) is 0 Å². The van der Waals surface area contributed by atoms with Crippen molar-refractivity contribution in [1.82, 2.24) is 9.80 Å². The molecule has 30 heavy (non-hydrogen) atoms. The Morgan fingerprint density at radius 3 is 2.47 bits per heavy atom. The molecule has 0 saturated carbocycles. The molecule has 1 saturated heterocycles. The highest BCUT2D eigenvalue weighted by Crippen LogP contribution is 2.12. The van der Waals surface area contributed by atoms with E-state index in [0.29, 0.717) is 12.3 Å². The summed E-state index contributed by atoms with van der Waals surface area (Å²) in [5.74, 6) is 0.313. The summed E-state index contributed by atoms with van der Waals surface area (Å²) in [4.78, 5) is 17.5. The quantitative estimate of drug-likeness (QED) is 0.383. The lowest BCUT2D eigenvalue weighted by Crippen LogP contribution is -2.39. The van der Waals surface area contributed by atoms with Gasteiger partial charge in [0.05, 0.1) is 13.2 Å². The van der Waals surface area contributed by atoms with Crippen molar-refractivity contribution in [3.8, 4) is 0 Å². The van der Waals surface area contributed by atoms with Crippen LogP contribution < -0.4 is 0 Å². The third kappa shape index (κ3) is 10.4. The third-order valence-corrected chi connectivity index (χ3v) is 5.76.